The number of amides is 2. The lowest BCUT2D eigenvalue weighted by molar-refractivity contribution is -0.144. The van der Waals surface area contributed by atoms with Crippen LogP contribution in [0.5, 0.6) is 0 Å². The molecule has 0 radical (unpaired) electrons. The number of ether oxygens (including phenoxy) is 2. The molecule has 1 fully saturated rings. The standard InChI is InChI=1S/C56H107N3O5S/c1-4-7-10-13-16-19-21-22-23-24-25-27-30-33-36-40-54(60)58-53(56(62)57-43-37-44-59-45-47-63-48-46-59)41-49-65-50-42-55(61)64-51-52(38-34-31-28-18-15-12-9-6-3)39-35-32-29-26-20-17-14-11-8-5-2/h22-23,52-53H,4-21,24-51H2,1-3H3,(H,57,62)(H,58,60)/b23-22-. The molecule has 1 rings (SSSR count). The van der Waals surface area contributed by atoms with E-state index in [1.165, 1.54) is 173 Å². The van der Waals surface area contributed by atoms with E-state index >= 15 is 0 Å². The average molecular weight is 935 g/mol. The van der Waals surface area contributed by atoms with E-state index in [2.05, 4.69) is 48.5 Å². The second-order valence-corrected chi connectivity index (χ2v) is 20.7. The van der Waals surface area contributed by atoms with Gasteiger partial charge in [0.2, 0.25) is 11.8 Å². The van der Waals surface area contributed by atoms with Gasteiger partial charge in [-0.15, -0.1) is 0 Å². The highest BCUT2D eigenvalue weighted by molar-refractivity contribution is 7.99. The molecule has 0 saturated carbocycles. The van der Waals surface area contributed by atoms with Crippen molar-refractivity contribution in [3.63, 3.8) is 0 Å². The van der Waals surface area contributed by atoms with Crippen molar-refractivity contribution in [2.45, 2.75) is 264 Å². The van der Waals surface area contributed by atoms with Crippen molar-refractivity contribution in [1.29, 1.82) is 0 Å². The smallest absolute Gasteiger partial charge is 0.306 e. The molecular formula is C56H107N3O5S. The number of allylic oxidation sites excluding steroid dienone is 2. The second kappa shape index (κ2) is 48.9. The van der Waals surface area contributed by atoms with Crippen LogP contribution >= 0.6 is 11.8 Å². The molecule has 2 N–H and O–H groups in total. The van der Waals surface area contributed by atoms with E-state index in [0.29, 0.717) is 49.8 Å². The van der Waals surface area contributed by atoms with Crippen molar-refractivity contribution < 1.29 is 23.9 Å². The predicted octanol–water partition coefficient (Wildman–Crippen LogP) is 14.9. The minimum Gasteiger partial charge on any atom is -0.465 e. The molecule has 0 aliphatic carbocycles. The number of hydrogen-bond donors (Lipinski definition) is 2. The summed E-state index contributed by atoms with van der Waals surface area (Å²) in [6.45, 7) is 12.3. The molecule has 1 heterocycles. The molecule has 1 aliphatic rings. The lowest BCUT2D eigenvalue weighted by atomic mass is 9.94. The number of thioether (sulfide) groups is 1. The zero-order valence-electron chi connectivity index (χ0n) is 43.2. The number of carbonyl (C=O) groups excluding carboxylic acids is 3. The van der Waals surface area contributed by atoms with E-state index in [1.54, 1.807) is 11.8 Å². The first-order valence-electron chi connectivity index (χ1n) is 28.3. The number of carbonyl (C=O) groups is 3. The SMILES string of the molecule is CCCCCCCC/C=C\CCCCCCCC(=O)NC(CCSCCC(=O)OCC(CCCCCCCCCC)CCCCCCCCCCCC)C(=O)NCCCN1CCOCC1. The number of unbranched alkanes of at least 4 members (excludes halogenated alkanes) is 27. The van der Waals surface area contributed by atoms with Gasteiger partial charge < -0.3 is 20.1 Å². The summed E-state index contributed by atoms with van der Waals surface area (Å²) in [5.41, 5.74) is 0. The first kappa shape index (κ1) is 61.4. The topological polar surface area (TPSA) is 97.0 Å². The van der Waals surface area contributed by atoms with Gasteiger partial charge in [0.15, 0.2) is 0 Å². The van der Waals surface area contributed by atoms with E-state index in [0.717, 1.165) is 77.8 Å². The van der Waals surface area contributed by atoms with Crippen molar-refractivity contribution in [2.75, 3.05) is 57.5 Å². The first-order valence-corrected chi connectivity index (χ1v) is 29.4. The Hall–Kier alpha value is -1.58. The Bertz CT molecular complexity index is 1090. The van der Waals surface area contributed by atoms with Crippen LogP contribution < -0.4 is 10.6 Å². The Balaban J connectivity index is 2.44. The summed E-state index contributed by atoms with van der Waals surface area (Å²) in [6, 6.07) is -0.559. The molecule has 1 aliphatic heterocycles. The molecular weight excluding hydrogens is 827 g/mol. The summed E-state index contributed by atoms with van der Waals surface area (Å²) in [4.78, 5) is 41.7. The monoisotopic (exact) mass is 934 g/mol. The zero-order chi connectivity index (χ0) is 46.9. The highest BCUT2D eigenvalue weighted by atomic mass is 32.2. The molecule has 8 nitrogen and oxygen atoms in total. The molecule has 2 unspecified atom stereocenters. The number of esters is 1. The van der Waals surface area contributed by atoms with Gasteiger partial charge in [0.05, 0.1) is 26.2 Å². The number of nitrogens with one attached hydrogen (secondary N) is 2. The van der Waals surface area contributed by atoms with Crippen molar-refractivity contribution in [3.05, 3.63) is 12.2 Å². The third-order valence-corrected chi connectivity index (χ3v) is 14.3. The molecule has 0 spiro atoms. The molecule has 0 bridgehead atoms. The van der Waals surface area contributed by atoms with Crippen molar-refractivity contribution >= 4 is 29.5 Å². The lowest BCUT2D eigenvalue weighted by Gasteiger charge is -2.26. The first-order chi connectivity index (χ1) is 32.0. The highest BCUT2D eigenvalue weighted by Crippen LogP contribution is 2.21. The second-order valence-electron chi connectivity index (χ2n) is 19.5. The van der Waals surface area contributed by atoms with Gasteiger partial charge >= 0.3 is 5.97 Å². The van der Waals surface area contributed by atoms with Crippen molar-refractivity contribution in [3.8, 4) is 0 Å². The molecule has 9 heteroatoms. The van der Waals surface area contributed by atoms with Gasteiger partial charge in [0.1, 0.15) is 6.04 Å². The molecule has 1 saturated heterocycles. The summed E-state index contributed by atoms with van der Waals surface area (Å²) in [6.07, 6.45) is 49.2. The van der Waals surface area contributed by atoms with Crippen LogP contribution in [0.3, 0.4) is 0 Å². The van der Waals surface area contributed by atoms with Gasteiger partial charge in [-0.3, -0.25) is 19.3 Å². The Labute approximate surface area is 407 Å². The van der Waals surface area contributed by atoms with E-state index in [4.69, 9.17) is 9.47 Å². The quantitative estimate of drug-likeness (QED) is 0.0356. The minimum atomic E-state index is -0.559. The van der Waals surface area contributed by atoms with Gasteiger partial charge in [-0.05, 0) is 76.0 Å². The van der Waals surface area contributed by atoms with Crippen LogP contribution in [0.1, 0.15) is 258 Å². The van der Waals surface area contributed by atoms with E-state index in [-0.39, 0.29) is 17.8 Å². The molecule has 0 aromatic heterocycles. The molecule has 2 amide bonds. The summed E-state index contributed by atoms with van der Waals surface area (Å²) in [5, 5.41) is 6.18. The van der Waals surface area contributed by atoms with Crippen LogP contribution in [0.2, 0.25) is 0 Å². The minimum absolute atomic E-state index is 0.0380. The fourth-order valence-corrected chi connectivity index (χ4v) is 9.81. The third kappa shape index (κ3) is 42.3. The summed E-state index contributed by atoms with van der Waals surface area (Å²) < 4.78 is 11.4. The fourth-order valence-electron chi connectivity index (χ4n) is 8.89. The van der Waals surface area contributed by atoms with Crippen LogP contribution in [-0.2, 0) is 23.9 Å². The van der Waals surface area contributed by atoms with Gasteiger partial charge in [0, 0.05) is 31.8 Å². The Kier molecular flexibility index (Phi) is 46.2. The molecule has 65 heavy (non-hydrogen) atoms. The number of morpholine rings is 1. The number of hydrogen-bond acceptors (Lipinski definition) is 7. The lowest BCUT2D eigenvalue weighted by Crippen LogP contribution is -2.47. The maximum atomic E-state index is 13.4. The van der Waals surface area contributed by atoms with Gasteiger partial charge in [-0.1, -0.05) is 200 Å². The average Bonchev–Trinajstić information content (AvgIpc) is 3.31. The molecule has 2 atom stereocenters. The normalized spacial score (nSPS) is 14.2. The van der Waals surface area contributed by atoms with E-state index in [1.807, 2.05) is 0 Å². The van der Waals surface area contributed by atoms with Gasteiger partial charge in [-0.25, -0.2) is 0 Å². The summed E-state index contributed by atoms with van der Waals surface area (Å²) in [5.74, 6) is 1.58. The van der Waals surface area contributed by atoms with Crippen molar-refractivity contribution in [1.82, 2.24) is 15.5 Å². The predicted molar refractivity (Wildman–Crippen MR) is 281 cm³/mol. The Morgan fingerprint density at radius 3 is 1.57 bits per heavy atom. The molecule has 0 aromatic rings. The van der Waals surface area contributed by atoms with E-state index in [9.17, 15) is 14.4 Å². The number of nitrogens with zero attached hydrogens (tertiary/aromatic N) is 1. The van der Waals surface area contributed by atoms with Crippen molar-refractivity contribution in [2.24, 2.45) is 5.92 Å². The van der Waals surface area contributed by atoms with Crippen LogP contribution in [0, 0.1) is 5.92 Å². The van der Waals surface area contributed by atoms with Crippen LogP contribution in [0.4, 0.5) is 0 Å². The van der Waals surface area contributed by atoms with Crippen LogP contribution in [-0.4, -0.2) is 86.2 Å². The van der Waals surface area contributed by atoms with Crippen LogP contribution in [0.15, 0.2) is 12.2 Å². The highest BCUT2D eigenvalue weighted by Gasteiger charge is 2.21. The van der Waals surface area contributed by atoms with Gasteiger partial charge in [-0.2, -0.15) is 11.8 Å². The van der Waals surface area contributed by atoms with Gasteiger partial charge in [0.25, 0.3) is 0 Å². The Morgan fingerprint density at radius 1 is 0.569 bits per heavy atom. The summed E-state index contributed by atoms with van der Waals surface area (Å²) in [7, 11) is 0. The zero-order valence-corrected chi connectivity index (χ0v) is 44.0. The largest absolute Gasteiger partial charge is 0.465 e. The Morgan fingerprint density at radius 2 is 1.05 bits per heavy atom. The third-order valence-electron chi connectivity index (χ3n) is 13.3. The fraction of sp³-hybridized carbons (Fsp3) is 0.911. The van der Waals surface area contributed by atoms with Crippen LogP contribution in [0.25, 0.3) is 0 Å². The van der Waals surface area contributed by atoms with E-state index < -0.39 is 6.04 Å². The molecule has 0 aromatic carbocycles. The maximum Gasteiger partial charge on any atom is 0.306 e. The summed E-state index contributed by atoms with van der Waals surface area (Å²) >= 11 is 1.67. The maximum absolute atomic E-state index is 13.4. The molecule has 382 valence electrons. The number of rotatable bonds is 49.